The van der Waals surface area contributed by atoms with E-state index in [1.807, 2.05) is 79.7 Å². The molecule has 5 nitrogen and oxygen atoms in total. The maximum atomic E-state index is 13.4. The van der Waals surface area contributed by atoms with Crippen LogP contribution in [0.5, 0.6) is 0 Å². The molecule has 0 saturated carbocycles. The number of hydrogen-bond donors (Lipinski definition) is 1. The quantitative estimate of drug-likeness (QED) is 0.616. The minimum absolute atomic E-state index is 0.0154. The molecule has 2 heterocycles. The van der Waals surface area contributed by atoms with Gasteiger partial charge in [0.1, 0.15) is 5.37 Å². The van der Waals surface area contributed by atoms with E-state index < -0.39 is 0 Å². The molecule has 0 bridgehead atoms. The van der Waals surface area contributed by atoms with Crippen molar-refractivity contribution in [1.82, 2.24) is 10.4 Å². The monoisotopic (exact) mass is 447 g/mol. The summed E-state index contributed by atoms with van der Waals surface area (Å²) in [4.78, 5) is 29.7. The van der Waals surface area contributed by atoms with Gasteiger partial charge in [0, 0.05) is 9.79 Å². The van der Waals surface area contributed by atoms with E-state index >= 15 is 0 Å². The third-order valence-corrected chi connectivity index (χ3v) is 7.66. The van der Waals surface area contributed by atoms with Crippen molar-refractivity contribution < 1.29 is 9.59 Å². The van der Waals surface area contributed by atoms with E-state index in [-0.39, 0.29) is 23.7 Å². The van der Waals surface area contributed by atoms with Crippen molar-refractivity contribution >= 4 is 46.7 Å². The molecule has 156 valence electrons. The number of fused-ring (bicyclic) bond motifs is 2. The normalized spacial score (nSPS) is 17.5. The van der Waals surface area contributed by atoms with Gasteiger partial charge in [-0.2, -0.15) is 0 Å². The lowest BCUT2D eigenvalue weighted by Crippen LogP contribution is -2.46. The number of aryl methyl sites for hydroxylation is 1. The van der Waals surface area contributed by atoms with Gasteiger partial charge in [0.2, 0.25) is 11.8 Å². The van der Waals surface area contributed by atoms with E-state index in [1.165, 1.54) is 5.56 Å². The Balaban J connectivity index is 1.38. The number of hydrogen-bond acceptors (Lipinski definition) is 5. The lowest BCUT2D eigenvalue weighted by molar-refractivity contribution is -0.132. The van der Waals surface area contributed by atoms with Crippen LogP contribution in [0.1, 0.15) is 16.5 Å². The molecule has 1 N–H and O–H groups in total. The summed E-state index contributed by atoms with van der Waals surface area (Å²) in [6.45, 7) is 2.07. The van der Waals surface area contributed by atoms with E-state index in [0.29, 0.717) is 5.75 Å². The summed E-state index contributed by atoms with van der Waals surface area (Å²) in [6.07, 6.45) is 0. The molecule has 0 aliphatic carbocycles. The van der Waals surface area contributed by atoms with Gasteiger partial charge >= 0.3 is 0 Å². The van der Waals surface area contributed by atoms with E-state index in [9.17, 15) is 9.59 Å². The molecule has 7 heteroatoms. The van der Waals surface area contributed by atoms with Gasteiger partial charge < -0.3 is 0 Å². The highest BCUT2D eigenvalue weighted by atomic mass is 32.2. The average molecular weight is 448 g/mol. The number of carbonyl (C=O) groups is 2. The summed E-state index contributed by atoms with van der Waals surface area (Å²) < 4.78 is 0. The van der Waals surface area contributed by atoms with Crippen molar-refractivity contribution in [3.05, 3.63) is 83.9 Å². The summed E-state index contributed by atoms with van der Waals surface area (Å²) >= 11 is 3.23. The lowest BCUT2D eigenvalue weighted by atomic mass is 10.1. The number of thioether (sulfide) groups is 1. The first-order valence-electron chi connectivity index (χ1n) is 10.0. The first kappa shape index (κ1) is 20.2. The Labute approximate surface area is 189 Å². The zero-order valence-electron chi connectivity index (χ0n) is 16.9. The second-order valence-electron chi connectivity index (χ2n) is 7.44. The number of carbonyl (C=O) groups excluding carboxylic acids is 2. The Hall–Kier alpha value is -2.74. The van der Waals surface area contributed by atoms with Crippen molar-refractivity contribution in [2.24, 2.45) is 0 Å². The van der Waals surface area contributed by atoms with Gasteiger partial charge in [-0.15, -0.1) is 11.8 Å². The van der Waals surface area contributed by atoms with E-state index in [4.69, 9.17) is 0 Å². The molecule has 0 aromatic heterocycles. The minimum Gasteiger partial charge on any atom is -0.278 e. The number of anilines is 2. The molecule has 3 aromatic rings. The molecular formula is C24H21N3O2S2. The molecule has 2 aliphatic rings. The Morgan fingerprint density at radius 3 is 2.23 bits per heavy atom. The maximum absolute atomic E-state index is 13.4. The van der Waals surface area contributed by atoms with Gasteiger partial charge in [-0.05, 0) is 36.8 Å². The van der Waals surface area contributed by atoms with E-state index in [1.54, 1.807) is 33.4 Å². The Bertz CT molecular complexity index is 1100. The Kier molecular flexibility index (Phi) is 5.48. The fraction of sp³-hybridized carbons (Fsp3) is 0.167. The van der Waals surface area contributed by atoms with Gasteiger partial charge in [0.25, 0.3) is 0 Å². The fourth-order valence-corrected chi connectivity index (χ4v) is 5.97. The van der Waals surface area contributed by atoms with Crippen LogP contribution in [0, 0.1) is 6.92 Å². The highest BCUT2D eigenvalue weighted by Gasteiger charge is 2.34. The zero-order valence-corrected chi connectivity index (χ0v) is 18.6. The fourth-order valence-electron chi connectivity index (χ4n) is 3.78. The van der Waals surface area contributed by atoms with Crippen molar-refractivity contribution in [1.29, 1.82) is 0 Å². The van der Waals surface area contributed by atoms with Crippen LogP contribution in [0.2, 0.25) is 0 Å². The molecule has 1 atom stereocenters. The largest absolute Gasteiger partial charge is 0.278 e. The number of benzene rings is 3. The molecule has 1 unspecified atom stereocenters. The molecule has 0 spiro atoms. The molecule has 31 heavy (non-hydrogen) atoms. The van der Waals surface area contributed by atoms with Crippen LogP contribution in [0.4, 0.5) is 11.4 Å². The maximum Gasteiger partial charge on any atom is 0.248 e. The highest BCUT2D eigenvalue weighted by Crippen LogP contribution is 2.47. The van der Waals surface area contributed by atoms with Crippen molar-refractivity contribution in [3.8, 4) is 0 Å². The molecular weight excluding hydrogens is 426 g/mol. The smallest absolute Gasteiger partial charge is 0.248 e. The molecule has 1 fully saturated rings. The van der Waals surface area contributed by atoms with Gasteiger partial charge in [-0.3, -0.25) is 19.5 Å². The second kappa shape index (κ2) is 8.42. The number of rotatable bonds is 4. The molecule has 1 saturated heterocycles. The lowest BCUT2D eigenvalue weighted by Gasteiger charge is -2.32. The van der Waals surface area contributed by atoms with Crippen LogP contribution >= 0.6 is 23.5 Å². The molecule has 2 amide bonds. The molecule has 2 aliphatic heterocycles. The van der Waals surface area contributed by atoms with Crippen LogP contribution in [0.25, 0.3) is 0 Å². The van der Waals surface area contributed by atoms with Crippen LogP contribution in [-0.2, 0) is 9.59 Å². The third-order valence-electron chi connectivity index (χ3n) is 5.31. The molecule has 0 radical (unpaired) electrons. The van der Waals surface area contributed by atoms with Crippen molar-refractivity contribution in [2.45, 2.75) is 22.1 Å². The van der Waals surface area contributed by atoms with Crippen molar-refractivity contribution in [2.75, 3.05) is 17.2 Å². The van der Waals surface area contributed by atoms with Crippen molar-refractivity contribution in [3.63, 3.8) is 0 Å². The average Bonchev–Trinajstić information content (AvgIpc) is 3.16. The summed E-state index contributed by atoms with van der Waals surface area (Å²) in [5.41, 5.74) is 7.08. The number of amides is 2. The van der Waals surface area contributed by atoms with Gasteiger partial charge in [0.05, 0.1) is 23.7 Å². The predicted molar refractivity (Wildman–Crippen MR) is 125 cm³/mol. The molecule has 5 rings (SSSR count). The topological polar surface area (TPSA) is 52.7 Å². The standard InChI is InChI=1S/C24H21N3O2S2/c1-16-10-12-17(13-11-16)24-27(23(29)15-30-24)25-14-22(28)26-18-6-2-4-8-20(18)31-21-9-5-3-7-19(21)26/h2-13,24-25H,14-15H2,1H3. The molecule has 3 aromatic carbocycles. The predicted octanol–water partition coefficient (Wildman–Crippen LogP) is 4.90. The van der Waals surface area contributed by atoms with Crippen LogP contribution in [0.3, 0.4) is 0 Å². The summed E-state index contributed by atoms with van der Waals surface area (Å²) in [5.74, 6) is 0.275. The van der Waals surface area contributed by atoms with Gasteiger partial charge in [0.15, 0.2) is 0 Å². The highest BCUT2D eigenvalue weighted by molar-refractivity contribution is 8.00. The van der Waals surface area contributed by atoms with Crippen LogP contribution < -0.4 is 10.3 Å². The zero-order chi connectivity index (χ0) is 21.4. The Morgan fingerprint density at radius 2 is 1.58 bits per heavy atom. The number of nitrogens with one attached hydrogen (secondary N) is 1. The minimum atomic E-state index is -0.141. The summed E-state index contributed by atoms with van der Waals surface area (Å²) in [7, 11) is 0. The van der Waals surface area contributed by atoms with Crippen LogP contribution in [0.15, 0.2) is 82.6 Å². The first-order chi connectivity index (χ1) is 15.1. The van der Waals surface area contributed by atoms with E-state index in [0.717, 1.165) is 26.7 Å². The van der Waals surface area contributed by atoms with Gasteiger partial charge in [-0.25, -0.2) is 5.43 Å². The SMILES string of the molecule is Cc1ccc(C2SCC(=O)N2NCC(=O)N2c3ccccc3Sc3ccccc32)cc1. The first-order valence-corrected chi connectivity index (χ1v) is 11.9. The van der Waals surface area contributed by atoms with Crippen LogP contribution in [-0.4, -0.2) is 29.1 Å². The number of hydrazine groups is 1. The second-order valence-corrected chi connectivity index (χ2v) is 9.59. The summed E-state index contributed by atoms with van der Waals surface area (Å²) in [5, 5.41) is 1.46. The van der Waals surface area contributed by atoms with E-state index in [2.05, 4.69) is 5.43 Å². The number of para-hydroxylation sites is 2. The Morgan fingerprint density at radius 1 is 0.968 bits per heavy atom. The summed E-state index contributed by atoms with van der Waals surface area (Å²) in [6, 6.07) is 24.0. The van der Waals surface area contributed by atoms with Gasteiger partial charge in [-0.1, -0.05) is 65.9 Å². The number of nitrogens with zero attached hydrogens (tertiary/aromatic N) is 2. The third kappa shape index (κ3) is 3.84.